The molecular weight excluding hydrogens is 118 g/mol. The molecule has 0 aromatic rings. The second kappa shape index (κ2) is 17.4. The predicted molar refractivity (Wildman–Crippen MR) is 13.2 cm³/mol. The van der Waals surface area contributed by atoms with E-state index in [0.717, 1.165) is 0 Å². The van der Waals surface area contributed by atoms with Gasteiger partial charge in [-0.3, -0.25) is 0 Å². The summed E-state index contributed by atoms with van der Waals surface area (Å²) >= 11 is 0. The monoisotopic (exact) mass is 121 g/mol. The van der Waals surface area contributed by atoms with E-state index in [1.807, 2.05) is 0 Å². The topological polar surface area (TPSA) is 67.3 Å². The van der Waals surface area contributed by atoms with Gasteiger partial charge in [-0.05, 0) is 4.57 Å². The Hall–Kier alpha value is 1.66. The molecule has 5 heavy (non-hydrogen) atoms. The zero-order valence-electron chi connectivity index (χ0n) is 2.80. The van der Waals surface area contributed by atoms with Crippen molar-refractivity contribution in [1.29, 1.82) is 0 Å². The summed E-state index contributed by atoms with van der Waals surface area (Å²) in [4.78, 5) is 7.04. The molecule has 0 saturated heterocycles. The fraction of sp³-hybridized carbons (Fsp3) is 0. The van der Waals surface area contributed by atoms with E-state index in [4.69, 9.17) is 9.46 Å². The van der Waals surface area contributed by atoms with Gasteiger partial charge in [0, 0.05) is 0 Å². The summed E-state index contributed by atoms with van der Waals surface area (Å²) in [6.07, 6.45) is 0. The van der Waals surface area contributed by atoms with Crippen LogP contribution in [-0.4, -0.2) is 10.4 Å². The molecule has 0 heterocycles. The van der Waals surface area contributed by atoms with Gasteiger partial charge in [0.05, 0.1) is 0 Å². The van der Waals surface area contributed by atoms with Crippen molar-refractivity contribution in [2.24, 2.45) is 0 Å². The van der Waals surface area contributed by atoms with Gasteiger partial charge in [-0.1, -0.05) is 0 Å². The Labute approximate surface area is 73.8 Å². The fourth-order valence-electron chi connectivity index (χ4n) is 0. The minimum Gasteiger partial charge on any atom is -0.870 e. The van der Waals surface area contributed by atoms with E-state index in [0.29, 0.717) is 0 Å². The molecule has 0 saturated carbocycles. The maximum absolute atomic E-state index is 8.51. The van der Waals surface area contributed by atoms with Crippen LogP contribution in [0.5, 0.6) is 0 Å². The van der Waals surface area contributed by atoms with Crippen LogP contribution < -0.4 is 51.4 Å². The first-order valence-corrected chi connectivity index (χ1v) is 1.28. The first-order valence-electron chi connectivity index (χ1n) is 0.428. The summed E-state index contributed by atoms with van der Waals surface area (Å²) in [5.41, 5.74) is 0. The third kappa shape index (κ3) is 27.6. The SMILES string of the molecule is O=[PH+]O.[K+].[OH-]. The van der Waals surface area contributed by atoms with Gasteiger partial charge >= 0.3 is 60.1 Å². The molecule has 0 aromatic heterocycles. The molecule has 0 aliphatic carbocycles. The zero-order chi connectivity index (χ0) is 2.71. The predicted octanol–water partition coefficient (Wildman–Crippen LogP) is -3.26. The average molecular weight is 121 g/mol. The average Bonchev–Trinajstić information content (AvgIpc) is 0.918. The van der Waals surface area contributed by atoms with Gasteiger partial charge in [0.1, 0.15) is 0 Å². The van der Waals surface area contributed by atoms with E-state index in [2.05, 4.69) is 0 Å². The molecule has 0 bridgehead atoms. The molecule has 0 spiro atoms. The minimum absolute atomic E-state index is 0. The van der Waals surface area contributed by atoms with Gasteiger partial charge in [-0.15, -0.1) is 0 Å². The summed E-state index contributed by atoms with van der Waals surface area (Å²) in [5.74, 6) is 0. The van der Waals surface area contributed by atoms with Gasteiger partial charge in [0.15, 0.2) is 0 Å². The van der Waals surface area contributed by atoms with Crippen LogP contribution in [0.15, 0.2) is 0 Å². The summed E-state index contributed by atoms with van der Waals surface area (Å²) in [6, 6.07) is 0. The number of hydrogen-bond donors (Lipinski definition) is 1. The van der Waals surface area contributed by atoms with Gasteiger partial charge in [-0.25, -0.2) is 0 Å². The molecular formula is H3KO3P+. The Bertz CT molecular complexity index is 14.4. The van der Waals surface area contributed by atoms with Crippen molar-refractivity contribution < 1.29 is 66.3 Å². The summed E-state index contributed by atoms with van der Waals surface area (Å²) in [7, 11) is -1.17. The Morgan fingerprint density at radius 1 is 1.60 bits per heavy atom. The smallest absolute Gasteiger partial charge is 0.870 e. The Morgan fingerprint density at radius 3 is 1.60 bits per heavy atom. The zero-order valence-corrected chi connectivity index (χ0v) is 6.93. The fourth-order valence-corrected chi connectivity index (χ4v) is 0. The van der Waals surface area contributed by atoms with Gasteiger partial charge < -0.3 is 5.48 Å². The normalized spacial score (nSPS) is 4.20. The maximum Gasteiger partial charge on any atom is 1.00 e. The van der Waals surface area contributed by atoms with E-state index in [-0.39, 0.29) is 56.9 Å². The van der Waals surface area contributed by atoms with Crippen LogP contribution in [0.2, 0.25) is 0 Å². The van der Waals surface area contributed by atoms with Crippen LogP contribution in [0.25, 0.3) is 0 Å². The summed E-state index contributed by atoms with van der Waals surface area (Å²) < 4.78 is 8.51. The third-order valence-electron chi connectivity index (χ3n) is 0. The molecule has 1 atom stereocenters. The van der Waals surface area contributed by atoms with Gasteiger partial charge in [0.25, 0.3) is 0 Å². The summed E-state index contributed by atoms with van der Waals surface area (Å²) in [6.45, 7) is 0. The molecule has 0 aliphatic rings. The Balaban J connectivity index is -0.0000000200. The first kappa shape index (κ1) is 15.9. The Kier molecular flexibility index (Phi) is 55.4. The van der Waals surface area contributed by atoms with Crippen LogP contribution in [-0.2, 0) is 4.57 Å². The molecule has 2 N–H and O–H groups in total. The summed E-state index contributed by atoms with van der Waals surface area (Å²) in [5, 5.41) is 0. The molecule has 1 unspecified atom stereocenters. The van der Waals surface area contributed by atoms with Crippen molar-refractivity contribution in [3.8, 4) is 0 Å². The third-order valence-corrected chi connectivity index (χ3v) is 0. The Morgan fingerprint density at radius 2 is 1.60 bits per heavy atom. The van der Waals surface area contributed by atoms with Crippen molar-refractivity contribution in [3.63, 3.8) is 0 Å². The maximum atomic E-state index is 8.51. The second-order valence-electron chi connectivity index (χ2n) is 0.0913. The van der Waals surface area contributed by atoms with Crippen molar-refractivity contribution in [2.75, 3.05) is 0 Å². The van der Waals surface area contributed by atoms with Crippen LogP contribution >= 0.6 is 8.69 Å². The molecule has 3 nitrogen and oxygen atoms in total. The molecule has 0 radical (unpaired) electrons. The minimum atomic E-state index is -1.17. The van der Waals surface area contributed by atoms with E-state index >= 15 is 0 Å². The van der Waals surface area contributed by atoms with Crippen LogP contribution in [0.3, 0.4) is 0 Å². The van der Waals surface area contributed by atoms with E-state index in [1.165, 1.54) is 0 Å². The molecule has 0 fully saturated rings. The molecule has 0 aromatic carbocycles. The van der Waals surface area contributed by atoms with Crippen LogP contribution in [0.4, 0.5) is 0 Å². The molecule has 0 aliphatic heterocycles. The molecule has 26 valence electrons. The molecule has 0 rings (SSSR count). The first-order chi connectivity index (χ1) is 1.41. The van der Waals surface area contributed by atoms with Crippen molar-refractivity contribution in [2.45, 2.75) is 0 Å². The van der Waals surface area contributed by atoms with E-state index in [9.17, 15) is 0 Å². The van der Waals surface area contributed by atoms with Crippen LogP contribution in [0.1, 0.15) is 0 Å². The van der Waals surface area contributed by atoms with Crippen molar-refractivity contribution in [3.05, 3.63) is 0 Å². The largest absolute Gasteiger partial charge is 1.00 e. The van der Waals surface area contributed by atoms with Crippen molar-refractivity contribution in [1.82, 2.24) is 0 Å². The van der Waals surface area contributed by atoms with Gasteiger partial charge in [0.2, 0.25) is 0 Å². The van der Waals surface area contributed by atoms with Crippen LogP contribution in [0, 0.1) is 0 Å². The molecule has 5 heteroatoms. The number of rotatable bonds is 0. The number of hydrogen-bond acceptors (Lipinski definition) is 2. The second-order valence-corrected chi connectivity index (χ2v) is 0.274. The standard InChI is InChI=1S/K.HO2P.H2O/c;1-3-2;/h;3H;1H2/q+1;;. The quantitative estimate of drug-likeness (QED) is 0.270. The molecule has 0 amide bonds. The van der Waals surface area contributed by atoms with E-state index < -0.39 is 8.69 Å². The van der Waals surface area contributed by atoms with E-state index in [1.54, 1.807) is 0 Å². The van der Waals surface area contributed by atoms with Gasteiger partial charge in [-0.2, -0.15) is 4.89 Å². The van der Waals surface area contributed by atoms with Crippen molar-refractivity contribution >= 4 is 8.69 Å².